The summed E-state index contributed by atoms with van der Waals surface area (Å²) >= 11 is 0. The van der Waals surface area contributed by atoms with Crippen LogP contribution in [-0.2, 0) is 19.6 Å². The molecule has 7 aromatic heterocycles. The van der Waals surface area contributed by atoms with E-state index in [0.29, 0.717) is 34.8 Å². The van der Waals surface area contributed by atoms with Crippen LogP contribution in [0.25, 0.3) is 85.0 Å². The van der Waals surface area contributed by atoms with E-state index in [1.54, 1.807) is 6.33 Å². The van der Waals surface area contributed by atoms with Gasteiger partial charge in [-0.15, -0.1) is 10.2 Å². The summed E-state index contributed by atoms with van der Waals surface area (Å²) in [5.74, 6) is 6.22. The van der Waals surface area contributed by atoms with Crippen LogP contribution in [0.2, 0.25) is 0 Å². The predicted molar refractivity (Wildman–Crippen MR) is 391 cm³/mol. The number of imidazole rings is 2. The van der Waals surface area contributed by atoms with Gasteiger partial charge >= 0.3 is 0 Å². The number of fused-ring (bicyclic) bond motifs is 15. The molecule has 0 spiro atoms. The lowest BCUT2D eigenvalue weighted by Crippen LogP contribution is -2.43. The van der Waals surface area contributed by atoms with Gasteiger partial charge in [0.05, 0.1) is 63.6 Å². The second-order valence-electron chi connectivity index (χ2n) is 28.2. The number of benzene rings is 5. The molecule has 0 unspecified atom stereocenters. The van der Waals surface area contributed by atoms with Crippen LogP contribution in [0.4, 0.5) is 21.6 Å². The van der Waals surface area contributed by atoms with Crippen molar-refractivity contribution in [3.8, 4) is 97.1 Å². The Labute approximate surface area is 582 Å². The number of halogens is 1. The Morgan fingerprint density at radius 1 is 0.490 bits per heavy atom. The Bertz CT molecular complexity index is 5060. The van der Waals surface area contributed by atoms with Crippen LogP contribution in [0.1, 0.15) is 41.7 Å². The molecule has 0 saturated carbocycles. The van der Waals surface area contributed by atoms with Gasteiger partial charge in [0, 0.05) is 162 Å². The lowest BCUT2D eigenvalue weighted by atomic mass is 9.98. The summed E-state index contributed by atoms with van der Waals surface area (Å²) in [6, 6.07) is 49.0. The lowest BCUT2D eigenvalue weighted by molar-refractivity contribution is 0.301. The van der Waals surface area contributed by atoms with Crippen LogP contribution >= 0.6 is 0 Å². The van der Waals surface area contributed by atoms with Gasteiger partial charge in [0.15, 0.2) is 17.5 Å². The summed E-state index contributed by atoms with van der Waals surface area (Å²) < 4.78 is 26.7. The molecule has 1 N–H and O–H groups in total. The molecule has 4 atom stereocenters. The quantitative estimate of drug-likeness (QED) is 0.137. The summed E-state index contributed by atoms with van der Waals surface area (Å²) in [5, 5.41) is 30.2. The number of pyridine rings is 1. The molecule has 13 heterocycles. The van der Waals surface area contributed by atoms with Crippen molar-refractivity contribution in [1.82, 2.24) is 67.7 Å². The maximum Gasteiger partial charge on any atom is 0.185 e. The summed E-state index contributed by atoms with van der Waals surface area (Å²) in [7, 11) is 8.66. The van der Waals surface area contributed by atoms with Gasteiger partial charge in [-0.05, 0) is 177 Å². The number of piperazine rings is 1. The van der Waals surface area contributed by atoms with Gasteiger partial charge in [-0.1, -0.05) is 50.2 Å². The number of nitriles is 2. The average molecular weight is 1330 g/mol. The molecule has 6 aliphatic rings. The fourth-order valence-corrected chi connectivity index (χ4v) is 15.6. The third-order valence-electron chi connectivity index (χ3n) is 20.9. The van der Waals surface area contributed by atoms with Crippen LogP contribution in [0.3, 0.4) is 0 Å². The molecule has 0 bridgehead atoms. The summed E-state index contributed by atoms with van der Waals surface area (Å²) in [4.78, 5) is 26.2. The van der Waals surface area contributed by atoms with Crippen molar-refractivity contribution < 1.29 is 4.39 Å². The van der Waals surface area contributed by atoms with Crippen LogP contribution in [0.15, 0.2) is 189 Å². The fraction of sp³-hybridized carbons (Fsp3) is 0.287. The smallest absolute Gasteiger partial charge is 0.185 e. The Morgan fingerprint density at radius 3 is 1.40 bits per heavy atom. The minimum atomic E-state index is -0.217. The first kappa shape index (κ1) is 63.6. The molecule has 3 saturated heterocycles. The molecule has 0 aliphatic carbocycles. The lowest BCUT2D eigenvalue weighted by Gasteiger charge is -2.29. The second kappa shape index (κ2) is 26.6. The van der Waals surface area contributed by atoms with Crippen molar-refractivity contribution >= 4 is 17.2 Å². The van der Waals surface area contributed by atoms with Crippen molar-refractivity contribution in [3.63, 3.8) is 0 Å². The molecule has 20 heteroatoms. The van der Waals surface area contributed by atoms with Crippen LogP contribution in [-0.4, -0.2) is 156 Å². The molecule has 12 aromatic rings. The van der Waals surface area contributed by atoms with E-state index < -0.39 is 0 Å². The van der Waals surface area contributed by atoms with Crippen LogP contribution in [0, 0.1) is 52.2 Å². The molecular formula is C80H80FN19. The van der Waals surface area contributed by atoms with Crippen molar-refractivity contribution in [2.24, 2.45) is 23.7 Å². The average Bonchev–Trinajstić information content (AvgIpc) is 1.62. The monoisotopic (exact) mass is 1330 g/mol. The predicted octanol–water partition coefficient (Wildman–Crippen LogP) is 12.5. The van der Waals surface area contributed by atoms with Gasteiger partial charge in [-0.3, -0.25) is 13.7 Å². The van der Waals surface area contributed by atoms with E-state index in [9.17, 15) is 4.39 Å². The largest absolute Gasteiger partial charge is 0.371 e. The molecule has 502 valence electrons. The van der Waals surface area contributed by atoms with E-state index in [2.05, 4.69) is 202 Å². The Hall–Kier alpha value is -11.2. The summed E-state index contributed by atoms with van der Waals surface area (Å²) in [5.41, 5.74) is 20.8. The number of hydrogen-bond donors (Lipinski definition) is 1. The van der Waals surface area contributed by atoms with Crippen molar-refractivity contribution in [2.75, 3.05) is 108 Å². The van der Waals surface area contributed by atoms with Gasteiger partial charge in [-0.25, -0.2) is 19.3 Å². The van der Waals surface area contributed by atoms with Crippen LogP contribution < -0.4 is 20.0 Å². The minimum Gasteiger partial charge on any atom is -0.371 e. The SMILES string of the molecule is C[C@@H]1CN(c2ccc3c(c2)Cn2cc(-c4ccc(C#N)cc4)cc2-c2nccn2-3)C[C@H]1CN(C)C.C[C@@H]1CN(c2ccc3c(c2)Cn2cc(-c4ccc(F)cc4)cc2-c2nccn2-3)C[C@@H]1CN(C)C.N#Cc1ccc(-c2cc3n(c2)Cc2cc(N4CCNCC4)ncc2-n2cnnc2-3)cc1. The standard InChI is InChI=1S/C29H30N6.C28H30FN5.C23H20N8/c1-20-15-33(19-25(20)16-32(2)3)26-8-9-27-24(12-26)18-34-17-23(22-6-4-21(14-30)5-7-22)13-28(34)29-31-10-11-35(27)29;1-19-14-32(18-23(19)15-31(2)3)25-8-9-26-22(12-25)17-33-16-21(20-4-6-24(29)7-5-20)13-27(33)28-30-10-11-34(26)28;24-11-16-1-3-17(4-2-16)18-9-20-23-28-27-15-31(23)21-12-26-22(29-7-5-25-6-8-29)10-19(21)14-30(20)13-18/h4-13,17,20,25H,15-16,18-19H2,1-3H3;4-13,16,19,23H,14-15,17-18H2,1-3H3;1-4,9-10,12-13,15,25H,5-8,14H2/t20-,25-;19-,23+;/m11./s1. The molecule has 6 aliphatic heterocycles. The highest BCUT2D eigenvalue weighted by Gasteiger charge is 2.34. The molecule has 0 amide bonds. The molecular weight excluding hydrogens is 1250 g/mol. The zero-order chi connectivity index (χ0) is 68.3. The van der Waals surface area contributed by atoms with E-state index >= 15 is 0 Å². The number of anilines is 3. The minimum absolute atomic E-state index is 0.217. The van der Waals surface area contributed by atoms with Crippen molar-refractivity contribution in [2.45, 2.75) is 33.5 Å². The third kappa shape index (κ3) is 12.3. The maximum absolute atomic E-state index is 13.5. The van der Waals surface area contributed by atoms with Crippen LogP contribution in [0.5, 0.6) is 0 Å². The van der Waals surface area contributed by atoms with Gasteiger partial charge in [0.25, 0.3) is 0 Å². The number of nitrogens with zero attached hydrogens (tertiary/aromatic N) is 18. The van der Waals surface area contributed by atoms with Gasteiger partial charge in [0.2, 0.25) is 0 Å². The Balaban J connectivity index is 0.000000117. The zero-order valence-corrected chi connectivity index (χ0v) is 57.3. The second-order valence-corrected chi connectivity index (χ2v) is 28.2. The van der Waals surface area contributed by atoms with E-state index in [-0.39, 0.29) is 5.82 Å². The highest BCUT2D eigenvalue weighted by Crippen LogP contribution is 2.41. The molecule has 5 aromatic carbocycles. The molecule has 100 heavy (non-hydrogen) atoms. The number of nitrogens with one attached hydrogen (secondary N) is 1. The number of hydrogen-bond acceptors (Lipinski definition) is 13. The number of rotatable bonds is 10. The van der Waals surface area contributed by atoms with E-state index in [1.807, 2.05) is 90.0 Å². The van der Waals surface area contributed by atoms with E-state index in [4.69, 9.17) is 25.5 Å². The van der Waals surface area contributed by atoms with Gasteiger partial charge in [-0.2, -0.15) is 10.5 Å². The molecule has 0 radical (unpaired) electrons. The third-order valence-corrected chi connectivity index (χ3v) is 20.9. The zero-order valence-electron chi connectivity index (χ0n) is 57.3. The first-order valence-corrected chi connectivity index (χ1v) is 34.6. The topological polar surface area (TPSA) is 170 Å². The fourth-order valence-electron chi connectivity index (χ4n) is 15.6. The van der Waals surface area contributed by atoms with Crippen molar-refractivity contribution in [1.29, 1.82) is 10.5 Å². The Morgan fingerprint density at radius 2 is 0.940 bits per heavy atom. The first-order valence-electron chi connectivity index (χ1n) is 34.6. The van der Waals surface area contributed by atoms with Gasteiger partial charge < -0.3 is 43.5 Å². The number of aromatic nitrogens is 11. The van der Waals surface area contributed by atoms with Gasteiger partial charge in [0.1, 0.15) is 18.0 Å². The molecule has 18 rings (SSSR count). The summed E-state index contributed by atoms with van der Waals surface area (Å²) in [6.07, 6.45) is 18.1. The Kier molecular flexibility index (Phi) is 16.9. The molecule has 19 nitrogen and oxygen atoms in total. The van der Waals surface area contributed by atoms with Crippen molar-refractivity contribution in [3.05, 3.63) is 223 Å². The maximum atomic E-state index is 13.5. The highest BCUT2D eigenvalue weighted by molar-refractivity contribution is 5.76. The highest BCUT2D eigenvalue weighted by atomic mass is 19.1. The van der Waals surface area contributed by atoms with E-state index in [1.165, 1.54) is 51.6 Å². The first-order chi connectivity index (χ1) is 48.8. The van der Waals surface area contributed by atoms with E-state index in [0.717, 1.165) is 165 Å². The normalized spacial score (nSPS) is 17.6. The summed E-state index contributed by atoms with van der Waals surface area (Å²) in [6.45, 7) is 17.6. The molecule has 3 fully saturated rings.